The highest BCUT2D eigenvalue weighted by atomic mass is 35.5. The largest absolute Gasteiger partial charge is 0.480 e. The van der Waals surface area contributed by atoms with Gasteiger partial charge in [-0.2, -0.15) is 0 Å². The molecule has 1 aromatic carbocycles. The average Bonchev–Trinajstić information content (AvgIpc) is 2.82. The standard InChI is InChI=1S/C19H24ClN3O5S/c1-10(2)8-12(18(25)26)21-13(19(27)28)9-16(24)22-15-6-7-29-14-5-3-4-11(20)17(14)23-15/h3-5,10,12-13,21H,6-9H2,1-2H3,(H,25,26)(H,27,28)(H,22,23,24)/t12-,13-/m0/s1. The van der Waals surface area contributed by atoms with E-state index in [2.05, 4.69) is 15.6 Å². The van der Waals surface area contributed by atoms with Gasteiger partial charge < -0.3 is 15.5 Å². The van der Waals surface area contributed by atoms with Gasteiger partial charge in [-0.15, -0.1) is 11.8 Å². The summed E-state index contributed by atoms with van der Waals surface area (Å²) in [4.78, 5) is 40.7. The van der Waals surface area contributed by atoms with Gasteiger partial charge in [0.25, 0.3) is 0 Å². The van der Waals surface area contributed by atoms with Crippen LogP contribution >= 0.6 is 23.4 Å². The first-order chi connectivity index (χ1) is 13.7. The number of carboxylic acids is 2. The molecule has 0 spiro atoms. The molecule has 2 rings (SSSR count). The van der Waals surface area contributed by atoms with Gasteiger partial charge in [0, 0.05) is 17.1 Å². The van der Waals surface area contributed by atoms with Gasteiger partial charge in [-0.1, -0.05) is 31.5 Å². The molecule has 0 bridgehead atoms. The average molecular weight is 442 g/mol. The number of fused-ring (bicyclic) bond motifs is 1. The maximum Gasteiger partial charge on any atom is 0.321 e. The molecule has 1 heterocycles. The summed E-state index contributed by atoms with van der Waals surface area (Å²) in [7, 11) is 0. The molecule has 0 aromatic heterocycles. The SMILES string of the molecule is CC(C)C[C@H](N[C@@H](CC(=O)NC1=Nc2c(Cl)cccc2SCC1)C(=O)O)C(=O)O. The highest BCUT2D eigenvalue weighted by molar-refractivity contribution is 7.99. The molecule has 158 valence electrons. The third-order valence-electron chi connectivity index (χ3n) is 4.17. The van der Waals surface area contributed by atoms with Gasteiger partial charge in [0.05, 0.1) is 17.1 Å². The van der Waals surface area contributed by atoms with E-state index in [4.69, 9.17) is 11.6 Å². The molecular formula is C19H24ClN3O5S. The van der Waals surface area contributed by atoms with Gasteiger partial charge in [0.1, 0.15) is 17.9 Å². The molecule has 1 aromatic rings. The molecule has 1 aliphatic rings. The van der Waals surface area contributed by atoms with Gasteiger partial charge >= 0.3 is 11.9 Å². The van der Waals surface area contributed by atoms with Crippen molar-refractivity contribution < 1.29 is 24.6 Å². The number of thioether (sulfide) groups is 1. The molecule has 2 atom stereocenters. The number of nitrogens with zero attached hydrogens (tertiary/aromatic N) is 1. The number of carbonyl (C=O) groups is 3. The third-order valence-corrected chi connectivity index (χ3v) is 5.53. The van der Waals surface area contributed by atoms with Crippen molar-refractivity contribution in [1.82, 2.24) is 10.6 Å². The number of hydrogen-bond donors (Lipinski definition) is 4. The summed E-state index contributed by atoms with van der Waals surface area (Å²) >= 11 is 7.76. The molecule has 0 saturated carbocycles. The number of amides is 1. The van der Waals surface area contributed by atoms with Crippen LogP contribution in [0.4, 0.5) is 5.69 Å². The highest BCUT2D eigenvalue weighted by Gasteiger charge is 2.29. The minimum atomic E-state index is -1.33. The van der Waals surface area contributed by atoms with Crippen molar-refractivity contribution in [2.24, 2.45) is 10.9 Å². The van der Waals surface area contributed by atoms with E-state index in [-0.39, 0.29) is 12.3 Å². The molecule has 0 aliphatic carbocycles. The van der Waals surface area contributed by atoms with E-state index in [1.54, 1.807) is 17.8 Å². The lowest BCUT2D eigenvalue weighted by atomic mass is 10.0. The van der Waals surface area contributed by atoms with Gasteiger partial charge in [-0.3, -0.25) is 19.7 Å². The Morgan fingerprint density at radius 2 is 1.90 bits per heavy atom. The fourth-order valence-electron chi connectivity index (χ4n) is 2.83. The normalized spacial score (nSPS) is 15.7. The summed E-state index contributed by atoms with van der Waals surface area (Å²) in [6.07, 6.45) is 0.316. The van der Waals surface area contributed by atoms with Crippen LogP contribution in [0.15, 0.2) is 28.1 Å². The Hall–Kier alpha value is -2.10. The van der Waals surface area contributed by atoms with Crippen molar-refractivity contribution in [3.8, 4) is 0 Å². The van der Waals surface area contributed by atoms with Crippen LogP contribution in [0.1, 0.15) is 33.1 Å². The Morgan fingerprint density at radius 1 is 1.21 bits per heavy atom. The number of amidine groups is 1. The zero-order valence-corrected chi connectivity index (χ0v) is 17.7. The van der Waals surface area contributed by atoms with Crippen molar-refractivity contribution in [2.75, 3.05) is 5.75 Å². The Balaban J connectivity index is 2.08. The van der Waals surface area contributed by atoms with Crippen LogP contribution in [0.3, 0.4) is 0 Å². The summed E-state index contributed by atoms with van der Waals surface area (Å²) in [5, 5.41) is 24.4. The van der Waals surface area contributed by atoms with Crippen LogP contribution in [-0.2, 0) is 14.4 Å². The summed E-state index contributed by atoms with van der Waals surface area (Å²) < 4.78 is 0. The summed E-state index contributed by atoms with van der Waals surface area (Å²) in [5.74, 6) is -1.87. The molecule has 8 nitrogen and oxygen atoms in total. The fourth-order valence-corrected chi connectivity index (χ4v) is 4.08. The van der Waals surface area contributed by atoms with Crippen LogP contribution in [0.25, 0.3) is 0 Å². The first-order valence-corrected chi connectivity index (χ1v) is 10.5. The first kappa shape index (κ1) is 23.2. The molecule has 0 radical (unpaired) electrons. The molecule has 1 amide bonds. The molecule has 10 heteroatoms. The Morgan fingerprint density at radius 3 is 2.52 bits per heavy atom. The molecule has 4 N–H and O–H groups in total. The molecule has 0 unspecified atom stereocenters. The number of rotatable bonds is 8. The number of hydrogen-bond acceptors (Lipinski definition) is 6. The number of nitrogens with one attached hydrogen (secondary N) is 2. The van der Waals surface area contributed by atoms with Gasteiger partial charge in [0.15, 0.2) is 0 Å². The maximum absolute atomic E-state index is 12.4. The van der Waals surface area contributed by atoms with Crippen LogP contribution in [0.2, 0.25) is 5.02 Å². The zero-order valence-electron chi connectivity index (χ0n) is 16.1. The number of para-hydroxylation sites is 1. The van der Waals surface area contributed by atoms with E-state index in [0.29, 0.717) is 28.7 Å². The van der Waals surface area contributed by atoms with Crippen LogP contribution < -0.4 is 10.6 Å². The first-order valence-electron chi connectivity index (χ1n) is 9.17. The molecule has 0 saturated heterocycles. The number of aliphatic carboxylic acids is 2. The second kappa shape index (κ2) is 10.6. The van der Waals surface area contributed by atoms with E-state index >= 15 is 0 Å². The van der Waals surface area contributed by atoms with E-state index in [1.165, 1.54) is 0 Å². The quantitative estimate of drug-likeness (QED) is 0.488. The Labute approximate surface area is 178 Å². The number of carboxylic acid groups (broad SMARTS) is 2. The topological polar surface area (TPSA) is 128 Å². The van der Waals surface area contributed by atoms with Gasteiger partial charge in [-0.05, 0) is 24.5 Å². The lowest BCUT2D eigenvalue weighted by molar-refractivity contribution is -0.144. The van der Waals surface area contributed by atoms with Crippen LogP contribution in [-0.4, -0.2) is 51.7 Å². The van der Waals surface area contributed by atoms with E-state index in [9.17, 15) is 24.6 Å². The molecule has 0 fully saturated rings. The summed E-state index contributed by atoms with van der Waals surface area (Å²) in [6.45, 7) is 3.68. The van der Waals surface area contributed by atoms with Crippen LogP contribution in [0.5, 0.6) is 0 Å². The smallest absolute Gasteiger partial charge is 0.321 e. The van der Waals surface area contributed by atoms with Crippen molar-refractivity contribution in [3.63, 3.8) is 0 Å². The number of carbonyl (C=O) groups excluding carboxylic acids is 1. The number of halogens is 1. The lowest BCUT2D eigenvalue weighted by Crippen LogP contribution is -2.50. The van der Waals surface area contributed by atoms with E-state index in [1.807, 2.05) is 26.0 Å². The Kier molecular flexibility index (Phi) is 8.48. The summed E-state index contributed by atoms with van der Waals surface area (Å²) in [5.41, 5.74) is 0.572. The molecule has 1 aliphatic heterocycles. The minimum Gasteiger partial charge on any atom is -0.480 e. The van der Waals surface area contributed by atoms with Gasteiger partial charge in [0.2, 0.25) is 5.91 Å². The van der Waals surface area contributed by atoms with E-state index < -0.39 is 36.4 Å². The van der Waals surface area contributed by atoms with E-state index in [0.717, 1.165) is 4.90 Å². The monoisotopic (exact) mass is 441 g/mol. The van der Waals surface area contributed by atoms with Crippen molar-refractivity contribution in [3.05, 3.63) is 23.2 Å². The van der Waals surface area contributed by atoms with Crippen molar-refractivity contribution in [1.29, 1.82) is 0 Å². The fraction of sp³-hybridized carbons (Fsp3) is 0.474. The Bertz CT molecular complexity index is 815. The zero-order chi connectivity index (χ0) is 21.6. The third kappa shape index (κ3) is 7.02. The predicted molar refractivity (Wildman–Crippen MR) is 112 cm³/mol. The lowest BCUT2D eigenvalue weighted by Gasteiger charge is -2.21. The second-order valence-electron chi connectivity index (χ2n) is 7.07. The molecule has 29 heavy (non-hydrogen) atoms. The van der Waals surface area contributed by atoms with Crippen molar-refractivity contribution >= 4 is 52.7 Å². The van der Waals surface area contributed by atoms with Gasteiger partial charge in [-0.25, -0.2) is 4.99 Å². The van der Waals surface area contributed by atoms with Crippen molar-refractivity contribution in [2.45, 2.75) is 50.1 Å². The second-order valence-corrected chi connectivity index (χ2v) is 8.62. The number of aliphatic imine (C=N–C) groups is 1. The van der Waals surface area contributed by atoms with Crippen LogP contribution in [0, 0.1) is 5.92 Å². The number of benzene rings is 1. The molecular weight excluding hydrogens is 418 g/mol. The predicted octanol–water partition coefficient (Wildman–Crippen LogP) is 2.91. The summed E-state index contributed by atoms with van der Waals surface area (Å²) in [6, 6.07) is 3.05. The maximum atomic E-state index is 12.4. The highest BCUT2D eigenvalue weighted by Crippen LogP contribution is 2.38. The minimum absolute atomic E-state index is 0.0505.